The number of fused-ring (bicyclic) bond motifs is 2. The van der Waals surface area contributed by atoms with Gasteiger partial charge in [0.15, 0.2) is 0 Å². The SMILES string of the molecule is CC1(C)CCn2c(nc(-c3ccncn3)cc2=O)N1C[C@@H]1Cc2cccnc2C1. The first-order chi connectivity index (χ1) is 14.0. The third-order valence-corrected chi connectivity index (χ3v) is 6.17. The van der Waals surface area contributed by atoms with Gasteiger partial charge in [0, 0.05) is 42.8 Å². The van der Waals surface area contributed by atoms with Crippen LogP contribution in [0.3, 0.4) is 0 Å². The summed E-state index contributed by atoms with van der Waals surface area (Å²) in [4.78, 5) is 32.9. The molecule has 0 saturated heterocycles. The maximum absolute atomic E-state index is 12.9. The molecule has 0 bridgehead atoms. The van der Waals surface area contributed by atoms with Crippen LogP contribution in [0.5, 0.6) is 0 Å². The van der Waals surface area contributed by atoms with Crippen molar-refractivity contribution in [2.24, 2.45) is 5.92 Å². The fraction of sp³-hybridized carbons (Fsp3) is 0.409. The molecule has 29 heavy (non-hydrogen) atoms. The van der Waals surface area contributed by atoms with Crippen molar-refractivity contribution in [2.45, 2.75) is 45.2 Å². The molecule has 0 N–H and O–H groups in total. The van der Waals surface area contributed by atoms with Gasteiger partial charge in [-0.15, -0.1) is 0 Å². The van der Waals surface area contributed by atoms with Gasteiger partial charge in [0.05, 0.1) is 11.4 Å². The summed E-state index contributed by atoms with van der Waals surface area (Å²) in [6.07, 6.45) is 7.93. The smallest absolute Gasteiger partial charge is 0.255 e. The molecule has 0 radical (unpaired) electrons. The third-order valence-electron chi connectivity index (χ3n) is 6.17. The van der Waals surface area contributed by atoms with Crippen LogP contribution in [0.15, 0.2) is 47.8 Å². The minimum absolute atomic E-state index is 0.0273. The molecule has 7 nitrogen and oxygen atoms in total. The van der Waals surface area contributed by atoms with Crippen LogP contribution in [0.1, 0.15) is 31.5 Å². The van der Waals surface area contributed by atoms with E-state index in [1.807, 2.05) is 12.3 Å². The van der Waals surface area contributed by atoms with Crippen molar-refractivity contribution in [2.75, 3.05) is 11.4 Å². The second-order valence-corrected chi connectivity index (χ2v) is 8.58. The van der Waals surface area contributed by atoms with E-state index >= 15 is 0 Å². The van der Waals surface area contributed by atoms with E-state index in [9.17, 15) is 4.79 Å². The number of anilines is 1. The molecule has 0 fully saturated rings. The maximum Gasteiger partial charge on any atom is 0.255 e. The highest BCUT2D eigenvalue weighted by Crippen LogP contribution is 2.34. The quantitative estimate of drug-likeness (QED) is 0.686. The van der Waals surface area contributed by atoms with E-state index in [0.717, 1.165) is 31.8 Å². The molecule has 2 aliphatic rings. The Labute approximate surface area is 169 Å². The minimum atomic E-state index is -0.0774. The molecule has 1 atom stereocenters. The Hall–Kier alpha value is -3.09. The van der Waals surface area contributed by atoms with Crippen LogP contribution in [-0.2, 0) is 19.4 Å². The molecule has 1 aliphatic heterocycles. The Morgan fingerprint density at radius 3 is 2.83 bits per heavy atom. The second-order valence-electron chi connectivity index (χ2n) is 8.58. The van der Waals surface area contributed by atoms with E-state index in [4.69, 9.17) is 4.98 Å². The van der Waals surface area contributed by atoms with E-state index in [1.54, 1.807) is 22.9 Å². The van der Waals surface area contributed by atoms with Crippen LogP contribution >= 0.6 is 0 Å². The number of rotatable bonds is 3. The summed E-state index contributed by atoms with van der Waals surface area (Å²) < 4.78 is 1.80. The lowest BCUT2D eigenvalue weighted by atomic mass is 9.93. The van der Waals surface area contributed by atoms with E-state index in [1.165, 1.54) is 17.6 Å². The highest BCUT2D eigenvalue weighted by Gasteiger charge is 2.37. The Morgan fingerprint density at radius 1 is 1.14 bits per heavy atom. The van der Waals surface area contributed by atoms with Gasteiger partial charge >= 0.3 is 0 Å². The summed E-state index contributed by atoms with van der Waals surface area (Å²) in [6.45, 7) is 6.00. The summed E-state index contributed by atoms with van der Waals surface area (Å²) >= 11 is 0. The second kappa shape index (κ2) is 6.76. The van der Waals surface area contributed by atoms with Crippen LogP contribution in [-0.4, -0.2) is 36.6 Å². The topological polar surface area (TPSA) is 76.8 Å². The molecule has 0 saturated carbocycles. The third kappa shape index (κ3) is 3.20. The van der Waals surface area contributed by atoms with Gasteiger partial charge in [0.1, 0.15) is 6.33 Å². The number of aromatic nitrogens is 5. The zero-order valence-electron chi connectivity index (χ0n) is 16.7. The molecular formula is C22H24N6O. The van der Waals surface area contributed by atoms with Gasteiger partial charge in [0.2, 0.25) is 5.95 Å². The summed E-state index contributed by atoms with van der Waals surface area (Å²) in [5, 5.41) is 0. The van der Waals surface area contributed by atoms with Gasteiger partial charge < -0.3 is 4.90 Å². The predicted octanol–water partition coefficient (Wildman–Crippen LogP) is 2.50. The average molecular weight is 388 g/mol. The maximum atomic E-state index is 12.9. The number of hydrogen-bond donors (Lipinski definition) is 0. The highest BCUT2D eigenvalue weighted by molar-refractivity contribution is 5.56. The standard InChI is InChI=1S/C22H24N6O/c1-22(2)6-9-27-20(29)12-19(17-5-8-23-14-25-17)26-21(27)28(22)13-15-10-16-4-3-7-24-18(16)11-15/h3-5,7-8,12,14-15H,6,9-11,13H2,1-2H3/t15-/m1/s1. The van der Waals surface area contributed by atoms with Crippen molar-refractivity contribution in [3.63, 3.8) is 0 Å². The lowest BCUT2D eigenvalue weighted by Crippen LogP contribution is -2.53. The van der Waals surface area contributed by atoms with Gasteiger partial charge in [-0.3, -0.25) is 14.3 Å². The molecule has 0 amide bonds. The molecule has 3 aromatic heterocycles. The van der Waals surface area contributed by atoms with Crippen LogP contribution < -0.4 is 10.5 Å². The van der Waals surface area contributed by atoms with Crippen LogP contribution in [0.4, 0.5) is 5.95 Å². The lowest BCUT2D eigenvalue weighted by molar-refractivity contribution is 0.327. The van der Waals surface area contributed by atoms with Gasteiger partial charge in [-0.2, -0.15) is 0 Å². The number of nitrogens with zero attached hydrogens (tertiary/aromatic N) is 6. The van der Waals surface area contributed by atoms with E-state index < -0.39 is 0 Å². The average Bonchev–Trinajstić information content (AvgIpc) is 3.13. The van der Waals surface area contributed by atoms with Crippen molar-refractivity contribution < 1.29 is 0 Å². The zero-order chi connectivity index (χ0) is 20.0. The summed E-state index contributed by atoms with van der Waals surface area (Å²) in [7, 11) is 0. The van der Waals surface area contributed by atoms with Gasteiger partial charge in [-0.25, -0.2) is 15.0 Å². The number of pyridine rings is 1. The van der Waals surface area contributed by atoms with Crippen LogP contribution in [0, 0.1) is 5.92 Å². The molecule has 1 aliphatic carbocycles. The van der Waals surface area contributed by atoms with Crippen LogP contribution in [0.25, 0.3) is 11.4 Å². The molecule has 0 spiro atoms. The molecule has 0 aromatic carbocycles. The molecule has 5 rings (SSSR count). The fourth-order valence-electron chi connectivity index (χ4n) is 4.49. The molecular weight excluding hydrogens is 364 g/mol. The monoisotopic (exact) mass is 388 g/mol. The van der Waals surface area contributed by atoms with Crippen LogP contribution in [0.2, 0.25) is 0 Å². The van der Waals surface area contributed by atoms with E-state index in [-0.39, 0.29) is 11.1 Å². The Bertz CT molecular complexity index is 1080. The normalized spacial score (nSPS) is 19.7. The summed E-state index contributed by atoms with van der Waals surface area (Å²) in [5.41, 5.74) is 3.70. The first-order valence-corrected chi connectivity index (χ1v) is 10.1. The first-order valence-electron chi connectivity index (χ1n) is 10.1. The molecule has 0 unspecified atom stereocenters. The van der Waals surface area contributed by atoms with Gasteiger partial charge in [-0.1, -0.05) is 6.07 Å². The van der Waals surface area contributed by atoms with Gasteiger partial charge in [0.25, 0.3) is 5.56 Å². The Kier molecular flexibility index (Phi) is 4.19. The highest BCUT2D eigenvalue weighted by atomic mass is 16.1. The predicted molar refractivity (Wildman–Crippen MR) is 111 cm³/mol. The minimum Gasteiger partial charge on any atom is -0.337 e. The van der Waals surface area contributed by atoms with Crippen molar-refractivity contribution in [1.29, 1.82) is 0 Å². The zero-order valence-corrected chi connectivity index (χ0v) is 16.7. The fourth-order valence-corrected chi connectivity index (χ4v) is 4.49. The van der Waals surface area contributed by atoms with Crippen molar-refractivity contribution >= 4 is 5.95 Å². The van der Waals surface area contributed by atoms with Crippen molar-refractivity contribution in [3.05, 3.63) is 64.6 Å². The van der Waals surface area contributed by atoms with Gasteiger partial charge in [-0.05, 0) is 56.7 Å². The Balaban J connectivity index is 1.53. The summed E-state index contributed by atoms with van der Waals surface area (Å²) in [5.74, 6) is 1.21. The molecule has 148 valence electrons. The molecule has 3 aromatic rings. The van der Waals surface area contributed by atoms with Crippen molar-refractivity contribution in [1.82, 2.24) is 24.5 Å². The van der Waals surface area contributed by atoms with Crippen molar-refractivity contribution in [3.8, 4) is 11.4 Å². The van der Waals surface area contributed by atoms with E-state index in [2.05, 4.69) is 39.8 Å². The molecule has 7 heteroatoms. The first kappa shape index (κ1) is 18.0. The lowest BCUT2D eigenvalue weighted by Gasteiger charge is -2.45. The largest absolute Gasteiger partial charge is 0.337 e. The Morgan fingerprint density at radius 2 is 2.03 bits per heavy atom. The number of hydrogen-bond acceptors (Lipinski definition) is 6. The molecule has 4 heterocycles. The summed E-state index contributed by atoms with van der Waals surface area (Å²) in [6, 6.07) is 7.55. The van der Waals surface area contributed by atoms with E-state index in [0.29, 0.717) is 23.9 Å².